The quantitative estimate of drug-likeness (QED) is 0.890. The molecule has 0 bridgehead atoms. The molecule has 6 heteroatoms. The number of nitrogens with one attached hydrogen (secondary N) is 2. The smallest absolute Gasteiger partial charge is 0.325 e. The van der Waals surface area contributed by atoms with Crippen molar-refractivity contribution in [1.82, 2.24) is 15.5 Å². The van der Waals surface area contributed by atoms with Gasteiger partial charge < -0.3 is 9.64 Å². The van der Waals surface area contributed by atoms with Crippen molar-refractivity contribution in [1.29, 1.82) is 0 Å². The summed E-state index contributed by atoms with van der Waals surface area (Å²) in [5, 5.41) is 5.87. The van der Waals surface area contributed by atoms with Crippen LogP contribution >= 0.6 is 0 Å². The van der Waals surface area contributed by atoms with Gasteiger partial charge in [0, 0.05) is 12.0 Å². The number of rotatable bonds is 3. The van der Waals surface area contributed by atoms with Crippen LogP contribution in [0.1, 0.15) is 31.7 Å². The molecule has 0 radical (unpaired) electrons. The van der Waals surface area contributed by atoms with Crippen LogP contribution in [0.4, 0.5) is 4.79 Å². The van der Waals surface area contributed by atoms with E-state index in [0.29, 0.717) is 0 Å². The zero-order chi connectivity index (χ0) is 16.6. The van der Waals surface area contributed by atoms with Gasteiger partial charge in [-0.25, -0.2) is 4.79 Å². The lowest BCUT2D eigenvalue weighted by Gasteiger charge is -2.48. The second-order valence-corrected chi connectivity index (χ2v) is 6.39. The van der Waals surface area contributed by atoms with Crippen molar-refractivity contribution in [3.05, 3.63) is 29.8 Å². The van der Waals surface area contributed by atoms with E-state index < -0.39 is 0 Å². The number of hydrogen-bond donors (Lipinski definition) is 2. The number of fused-ring (bicyclic) bond motifs is 1. The van der Waals surface area contributed by atoms with Gasteiger partial charge in [-0.2, -0.15) is 0 Å². The summed E-state index contributed by atoms with van der Waals surface area (Å²) in [7, 11) is 1.64. The predicted molar refractivity (Wildman–Crippen MR) is 86.1 cm³/mol. The number of amides is 3. The van der Waals surface area contributed by atoms with E-state index in [1.54, 1.807) is 12.0 Å². The van der Waals surface area contributed by atoms with E-state index in [9.17, 15) is 9.59 Å². The van der Waals surface area contributed by atoms with Crippen molar-refractivity contribution in [2.45, 2.75) is 38.4 Å². The monoisotopic (exact) mass is 317 g/mol. The number of imide groups is 1. The van der Waals surface area contributed by atoms with Crippen LogP contribution in [0.25, 0.3) is 0 Å². The van der Waals surface area contributed by atoms with Crippen molar-refractivity contribution in [2.24, 2.45) is 5.92 Å². The number of benzene rings is 1. The number of carbonyl (C=O) groups excluding carboxylic acids is 2. The minimum atomic E-state index is -0.315. The highest BCUT2D eigenvalue weighted by molar-refractivity contribution is 5.99. The topological polar surface area (TPSA) is 70.7 Å². The normalized spacial score (nSPS) is 27.7. The third-order valence-electron chi connectivity index (χ3n) is 4.73. The summed E-state index contributed by atoms with van der Waals surface area (Å²) < 4.78 is 5.30. The van der Waals surface area contributed by atoms with Crippen molar-refractivity contribution >= 4 is 11.9 Å². The fraction of sp³-hybridized carbons (Fsp3) is 0.529. The Hall–Kier alpha value is -2.08. The fourth-order valence-electron chi connectivity index (χ4n) is 3.69. The van der Waals surface area contributed by atoms with Gasteiger partial charge in [-0.1, -0.05) is 12.1 Å². The minimum Gasteiger partial charge on any atom is -0.497 e. The number of urea groups is 1. The third kappa shape index (κ3) is 2.79. The highest BCUT2D eigenvalue weighted by Crippen LogP contribution is 2.38. The first-order chi connectivity index (χ1) is 11.0. The molecule has 0 aromatic heterocycles. The van der Waals surface area contributed by atoms with E-state index in [2.05, 4.69) is 10.6 Å². The van der Waals surface area contributed by atoms with E-state index in [4.69, 9.17) is 4.74 Å². The summed E-state index contributed by atoms with van der Waals surface area (Å²) in [6, 6.07) is 7.55. The Bertz CT molecular complexity index is 617. The molecular formula is C17H23N3O3. The number of hydrogen-bond acceptors (Lipinski definition) is 4. The Morgan fingerprint density at radius 2 is 2.09 bits per heavy atom. The lowest BCUT2D eigenvalue weighted by Crippen LogP contribution is -2.69. The Labute approximate surface area is 136 Å². The summed E-state index contributed by atoms with van der Waals surface area (Å²) in [6.45, 7) is 4.69. The van der Waals surface area contributed by atoms with Gasteiger partial charge in [0.2, 0.25) is 5.91 Å². The van der Waals surface area contributed by atoms with Crippen LogP contribution < -0.4 is 15.4 Å². The molecule has 3 rings (SSSR count). The standard InChI is InChI=1S/C17H23N3O3/c1-10(2)20-15-14(16(21)19-17(20)22)13(7-8-18-15)11-5-4-6-12(9-11)23-3/h4-6,9-10,13-15,18H,7-8H2,1-3H3,(H,19,21,22). The molecule has 2 heterocycles. The van der Waals surface area contributed by atoms with Crippen molar-refractivity contribution in [3.63, 3.8) is 0 Å². The molecule has 3 amide bonds. The first kappa shape index (κ1) is 15.8. The number of ether oxygens (including phenoxy) is 1. The van der Waals surface area contributed by atoms with Crippen molar-refractivity contribution < 1.29 is 14.3 Å². The van der Waals surface area contributed by atoms with Crippen LogP contribution in [-0.2, 0) is 4.79 Å². The molecule has 2 saturated heterocycles. The van der Waals surface area contributed by atoms with Crippen LogP contribution in [-0.4, -0.2) is 42.7 Å². The van der Waals surface area contributed by atoms with Crippen LogP contribution in [0, 0.1) is 5.92 Å². The minimum absolute atomic E-state index is 0.0205. The molecule has 1 aromatic rings. The van der Waals surface area contributed by atoms with Gasteiger partial charge in [0.25, 0.3) is 0 Å². The molecule has 2 aliphatic rings. The van der Waals surface area contributed by atoms with Gasteiger partial charge in [0.05, 0.1) is 19.2 Å². The van der Waals surface area contributed by atoms with Crippen molar-refractivity contribution in [2.75, 3.05) is 13.7 Å². The summed E-state index contributed by atoms with van der Waals surface area (Å²) in [4.78, 5) is 26.4. The lowest BCUT2D eigenvalue weighted by molar-refractivity contribution is -0.131. The molecular weight excluding hydrogens is 294 g/mol. The summed E-state index contributed by atoms with van der Waals surface area (Å²) >= 11 is 0. The van der Waals surface area contributed by atoms with Crippen LogP contribution in [0.15, 0.2) is 24.3 Å². The van der Waals surface area contributed by atoms with Crippen LogP contribution in [0.3, 0.4) is 0 Å². The van der Waals surface area contributed by atoms with Crippen molar-refractivity contribution in [3.8, 4) is 5.75 Å². The second kappa shape index (κ2) is 6.20. The highest BCUT2D eigenvalue weighted by atomic mass is 16.5. The zero-order valence-electron chi connectivity index (χ0n) is 13.7. The molecule has 2 fully saturated rings. The molecule has 3 atom stereocenters. The summed E-state index contributed by atoms with van der Waals surface area (Å²) in [5.74, 6) is 0.351. The molecule has 124 valence electrons. The van der Waals surface area contributed by atoms with E-state index in [1.807, 2.05) is 38.1 Å². The number of methoxy groups -OCH3 is 1. The molecule has 1 aromatic carbocycles. The van der Waals surface area contributed by atoms with E-state index >= 15 is 0 Å². The average molecular weight is 317 g/mol. The first-order valence-electron chi connectivity index (χ1n) is 8.03. The summed E-state index contributed by atoms with van der Waals surface area (Å²) in [5.41, 5.74) is 1.08. The van der Waals surface area contributed by atoms with Gasteiger partial charge in [-0.05, 0) is 44.5 Å². The maximum absolute atomic E-state index is 12.5. The van der Waals surface area contributed by atoms with Gasteiger partial charge in [0.15, 0.2) is 0 Å². The van der Waals surface area contributed by atoms with Gasteiger partial charge in [-0.3, -0.25) is 15.4 Å². The molecule has 3 unspecified atom stereocenters. The molecule has 2 aliphatic heterocycles. The van der Waals surface area contributed by atoms with E-state index in [-0.39, 0.29) is 36.0 Å². The summed E-state index contributed by atoms with van der Waals surface area (Å²) in [6.07, 6.45) is 0.586. The molecule has 2 N–H and O–H groups in total. The van der Waals surface area contributed by atoms with Gasteiger partial charge in [-0.15, -0.1) is 0 Å². The Morgan fingerprint density at radius 3 is 2.78 bits per heavy atom. The largest absolute Gasteiger partial charge is 0.497 e. The Kier molecular flexibility index (Phi) is 4.26. The van der Waals surface area contributed by atoms with E-state index in [1.165, 1.54) is 0 Å². The van der Waals surface area contributed by atoms with Gasteiger partial charge in [0.1, 0.15) is 5.75 Å². The van der Waals surface area contributed by atoms with Crippen LogP contribution in [0.5, 0.6) is 5.75 Å². The second-order valence-electron chi connectivity index (χ2n) is 6.39. The number of piperidine rings is 1. The maximum atomic E-state index is 12.5. The molecule has 0 spiro atoms. The van der Waals surface area contributed by atoms with E-state index in [0.717, 1.165) is 24.3 Å². The predicted octanol–water partition coefficient (Wildman–Crippen LogP) is 1.67. The molecule has 23 heavy (non-hydrogen) atoms. The zero-order valence-corrected chi connectivity index (χ0v) is 13.7. The van der Waals surface area contributed by atoms with Gasteiger partial charge >= 0.3 is 6.03 Å². The number of carbonyl (C=O) groups is 2. The maximum Gasteiger partial charge on any atom is 0.325 e. The Morgan fingerprint density at radius 1 is 1.30 bits per heavy atom. The molecule has 6 nitrogen and oxygen atoms in total. The first-order valence-corrected chi connectivity index (χ1v) is 8.03. The average Bonchev–Trinajstić information content (AvgIpc) is 2.54. The van der Waals surface area contributed by atoms with Crippen LogP contribution in [0.2, 0.25) is 0 Å². The fourth-order valence-corrected chi connectivity index (χ4v) is 3.69. The molecule has 0 aliphatic carbocycles. The molecule has 0 saturated carbocycles. The number of nitrogens with zero attached hydrogens (tertiary/aromatic N) is 1. The lowest BCUT2D eigenvalue weighted by atomic mass is 9.77. The third-order valence-corrected chi connectivity index (χ3v) is 4.73. The Balaban J connectivity index is 1.96. The SMILES string of the molecule is COc1cccc(C2CCNC3C2C(=O)NC(=O)N3C(C)C)c1. The highest BCUT2D eigenvalue weighted by Gasteiger charge is 2.48.